The molecule has 0 radical (unpaired) electrons. The molecule has 2 aliphatic rings. The zero-order valence-corrected chi connectivity index (χ0v) is 11.4. The van der Waals surface area contributed by atoms with Crippen molar-refractivity contribution in [3.05, 3.63) is 11.8 Å². The van der Waals surface area contributed by atoms with Crippen LogP contribution in [-0.2, 0) is 9.59 Å². The van der Waals surface area contributed by atoms with Crippen LogP contribution in [-0.4, -0.2) is 43.8 Å². The number of halogens is 3. The number of nitrogens with zero attached hydrogens (tertiary/aromatic N) is 1. The minimum Gasteiger partial charge on any atom is -0.477 e. The molecule has 0 aromatic heterocycles. The fraction of sp³-hybridized carbons (Fsp3) is 0.500. The fourth-order valence-corrected chi connectivity index (χ4v) is 3.57. The monoisotopic (exact) mass is 326 g/mol. The Balaban J connectivity index is 2.06. The van der Waals surface area contributed by atoms with Gasteiger partial charge in [-0.15, -0.1) is 11.8 Å². The molecule has 0 aromatic rings. The van der Waals surface area contributed by atoms with Gasteiger partial charge in [0.05, 0.1) is 28.6 Å². The number of β-lactam (4-membered cyclic amide) rings is 1. The summed E-state index contributed by atoms with van der Waals surface area (Å²) in [5.74, 6) is -1.61. The van der Waals surface area contributed by atoms with E-state index < -0.39 is 28.9 Å². The third-order valence-electron chi connectivity index (χ3n) is 2.66. The normalized spacial score (nSPS) is 25.4. The first-order valence-corrected chi connectivity index (χ1v) is 6.81. The van der Waals surface area contributed by atoms with Crippen LogP contribution in [0.15, 0.2) is 11.8 Å². The molecule has 2 atom stereocenters. The van der Waals surface area contributed by atoms with E-state index in [-0.39, 0.29) is 23.4 Å². The Morgan fingerprint density at radius 3 is 2.75 bits per heavy atom. The summed E-state index contributed by atoms with van der Waals surface area (Å²) in [4.78, 5) is 23.1. The number of carbonyl (C=O) groups excluding carboxylic acids is 1. The zero-order valence-electron chi connectivity index (χ0n) is 9.81. The first kappa shape index (κ1) is 15.1. The van der Waals surface area contributed by atoms with Gasteiger partial charge in [-0.05, 0) is 6.08 Å². The first-order chi connectivity index (χ1) is 9.17. The lowest BCUT2D eigenvalue weighted by Crippen LogP contribution is -2.55. The molecule has 1 saturated heterocycles. The zero-order chi connectivity index (χ0) is 15.1. The molecule has 0 spiro atoms. The molecule has 20 heavy (non-hydrogen) atoms. The number of nitrogens with one attached hydrogen (secondary N) is 1. The minimum atomic E-state index is -4.42. The number of fused-ring (bicyclic) bond motifs is 1. The first-order valence-electron chi connectivity index (χ1n) is 5.46. The number of thiocarbonyl (C=S) groups is 1. The molecule has 1 fully saturated rings. The smallest absolute Gasteiger partial charge is 0.395 e. The Morgan fingerprint density at radius 1 is 1.60 bits per heavy atom. The van der Waals surface area contributed by atoms with Gasteiger partial charge in [0.15, 0.2) is 0 Å². The summed E-state index contributed by atoms with van der Waals surface area (Å²) in [7, 11) is 0. The summed E-state index contributed by atoms with van der Waals surface area (Å²) in [6, 6.07) is 0. The number of aliphatic carboxylic acids is 1. The van der Waals surface area contributed by atoms with E-state index in [0.717, 1.165) is 16.7 Å². The van der Waals surface area contributed by atoms with Gasteiger partial charge in [-0.1, -0.05) is 12.2 Å². The standard InChI is InChI=1S/C10H9F3N2O3S2/c11-10(12,13)3-5(19)14-6-1-4(9(17)18)15-7(16)2-8(15)20-6/h1,6,8H,2-3H2,(H,14,19)(H,17,18)/t6?,8-/m1/s1. The van der Waals surface area contributed by atoms with Crippen molar-refractivity contribution in [2.24, 2.45) is 0 Å². The number of thioether (sulfide) groups is 1. The Bertz CT molecular complexity index is 506. The van der Waals surface area contributed by atoms with Gasteiger partial charge in [0.1, 0.15) is 5.70 Å². The second-order valence-corrected chi connectivity index (χ2v) is 6.01. The van der Waals surface area contributed by atoms with Gasteiger partial charge in [-0.2, -0.15) is 13.2 Å². The Labute approximate surface area is 121 Å². The summed E-state index contributed by atoms with van der Waals surface area (Å²) in [6.45, 7) is 0. The van der Waals surface area contributed by atoms with Gasteiger partial charge in [0.2, 0.25) is 5.91 Å². The Morgan fingerprint density at radius 2 is 2.25 bits per heavy atom. The molecule has 0 saturated carbocycles. The van der Waals surface area contributed by atoms with Crippen molar-refractivity contribution in [1.82, 2.24) is 10.2 Å². The van der Waals surface area contributed by atoms with E-state index in [9.17, 15) is 22.8 Å². The van der Waals surface area contributed by atoms with Gasteiger partial charge in [0.25, 0.3) is 0 Å². The number of amides is 1. The van der Waals surface area contributed by atoms with Gasteiger partial charge < -0.3 is 10.4 Å². The highest BCUT2D eigenvalue weighted by molar-refractivity contribution is 8.00. The van der Waals surface area contributed by atoms with E-state index in [1.165, 1.54) is 6.08 Å². The Hall–Kier alpha value is -1.29. The second-order valence-electron chi connectivity index (χ2n) is 4.20. The summed E-state index contributed by atoms with van der Waals surface area (Å²) >= 11 is 5.75. The van der Waals surface area contributed by atoms with Crippen molar-refractivity contribution >= 4 is 40.8 Å². The largest absolute Gasteiger partial charge is 0.477 e. The molecule has 1 unspecified atom stereocenters. The maximum atomic E-state index is 12.2. The van der Waals surface area contributed by atoms with Gasteiger partial charge in [0, 0.05) is 0 Å². The summed E-state index contributed by atoms with van der Waals surface area (Å²) in [6.07, 6.45) is -4.31. The van der Waals surface area contributed by atoms with Crippen molar-refractivity contribution in [3.63, 3.8) is 0 Å². The van der Waals surface area contributed by atoms with Crippen LogP contribution in [0.3, 0.4) is 0 Å². The molecule has 0 aromatic carbocycles. The minimum absolute atomic E-state index is 0.166. The number of carbonyl (C=O) groups is 2. The molecule has 0 aliphatic carbocycles. The molecule has 5 nitrogen and oxygen atoms in total. The number of hydrogen-bond donors (Lipinski definition) is 2. The van der Waals surface area contributed by atoms with E-state index in [4.69, 9.17) is 5.11 Å². The predicted octanol–water partition coefficient (Wildman–Crippen LogP) is 1.46. The predicted molar refractivity (Wildman–Crippen MR) is 68.8 cm³/mol. The van der Waals surface area contributed by atoms with Crippen LogP contribution < -0.4 is 5.32 Å². The van der Waals surface area contributed by atoms with Crippen LogP contribution in [0.1, 0.15) is 12.8 Å². The summed E-state index contributed by atoms with van der Waals surface area (Å²) in [5.41, 5.74) is -0.225. The quantitative estimate of drug-likeness (QED) is 0.604. The van der Waals surface area contributed by atoms with Crippen LogP contribution >= 0.6 is 24.0 Å². The number of hydrogen-bond acceptors (Lipinski definition) is 4. The molecule has 110 valence electrons. The lowest BCUT2D eigenvalue weighted by atomic mass is 10.1. The second kappa shape index (κ2) is 5.24. The summed E-state index contributed by atoms with van der Waals surface area (Å²) < 4.78 is 36.5. The number of carboxylic acids is 1. The number of carboxylic acid groups (broad SMARTS) is 1. The molecule has 2 rings (SSSR count). The van der Waals surface area contributed by atoms with Crippen LogP contribution in [0.4, 0.5) is 13.2 Å². The molecule has 2 heterocycles. The third kappa shape index (κ3) is 3.23. The highest BCUT2D eigenvalue weighted by Gasteiger charge is 2.45. The highest BCUT2D eigenvalue weighted by Crippen LogP contribution is 2.39. The van der Waals surface area contributed by atoms with Crippen LogP contribution in [0.25, 0.3) is 0 Å². The molecular formula is C10H9F3N2O3S2. The van der Waals surface area contributed by atoms with Gasteiger partial charge in [-0.25, -0.2) is 4.79 Å². The van der Waals surface area contributed by atoms with E-state index in [1.54, 1.807) is 0 Å². The third-order valence-corrected chi connectivity index (χ3v) is 4.16. The average molecular weight is 326 g/mol. The van der Waals surface area contributed by atoms with E-state index in [0.29, 0.717) is 0 Å². The SMILES string of the molecule is O=C(O)C1=CC(NC(=S)CC(F)(F)F)S[C@@H]2CC(=O)N12. The fourth-order valence-electron chi connectivity index (χ4n) is 1.86. The van der Waals surface area contributed by atoms with E-state index in [1.807, 2.05) is 0 Å². The van der Waals surface area contributed by atoms with Crippen molar-refractivity contribution in [2.75, 3.05) is 0 Å². The van der Waals surface area contributed by atoms with Crippen molar-refractivity contribution < 1.29 is 27.9 Å². The average Bonchev–Trinajstić information content (AvgIpc) is 2.23. The molecular weight excluding hydrogens is 317 g/mol. The maximum absolute atomic E-state index is 12.2. The topological polar surface area (TPSA) is 69.6 Å². The van der Waals surface area contributed by atoms with Crippen molar-refractivity contribution in [3.8, 4) is 0 Å². The lowest BCUT2D eigenvalue weighted by Gasteiger charge is -2.44. The van der Waals surface area contributed by atoms with E-state index >= 15 is 0 Å². The van der Waals surface area contributed by atoms with E-state index in [2.05, 4.69) is 17.5 Å². The Kier molecular flexibility index (Phi) is 3.96. The van der Waals surface area contributed by atoms with Crippen LogP contribution in [0.2, 0.25) is 0 Å². The summed E-state index contributed by atoms with van der Waals surface area (Å²) in [5, 5.41) is 10.4. The van der Waals surface area contributed by atoms with Crippen LogP contribution in [0, 0.1) is 0 Å². The van der Waals surface area contributed by atoms with Crippen molar-refractivity contribution in [1.29, 1.82) is 0 Å². The molecule has 10 heteroatoms. The molecule has 0 bridgehead atoms. The molecule has 1 amide bonds. The maximum Gasteiger partial charge on any atom is 0.395 e. The van der Waals surface area contributed by atoms with Crippen molar-refractivity contribution in [2.45, 2.75) is 29.8 Å². The number of rotatable bonds is 3. The van der Waals surface area contributed by atoms with Crippen LogP contribution in [0.5, 0.6) is 0 Å². The molecule has 2 N–H and O–H groups in total. The lowest BCUT2D eigenvalue weighted by molar-refractivity contribution is -0.146. The van der Waals surface area contributed by atoms with Gasteiger partial charge in [-0.3, -0.25) is 9.69 Å². The van der Waals surface area contributed by atoms with Gasteiger partial charge >= 0.3 is 12.1 Å². The number of alkyl halides is 3. The molecule has 2 aliphatic heterocycles. The highest BCUT2D eigenvalue weighted by atomic mass is 32.2.